The van der Waals surface area contributed by atoms with Crippen LogP contribution in [0.15, 0.2) is 0 Å². The molecular weight excluding hydrogens is 286 g/mol. The summed E-state index contributed by atoms with van der Waals surface area (Å²) in [6.45, 7) is 2.75. The summed E-state index contributed by atoms with van der Waals surface area (Å²) in [5, 5.41) is 12.3. The first kappa shape index (κ1) is 14.7. The summed E-state index contributed by atoms with van der Waals surface area (Å²) in [4.78, 5) is 15.2. The van der Waals surface area contributed by atoms with Crippen molar-refractivity contribution in [2.75, 3.05) is 25.4 Å². The Hall–Kier alpha value is -1.21. The third-order valence-corrected chi connectivity index (χ3v) is 5.48. The van der Waals surface area contributed by atoms with Crippen LogP contribution in [0.4, 0.5) is 5.13 Å². The normalized spacial score (nSPS) is 21.7. The van der Waals surface area contributed by atoms with Crippen LogP contribution in [0, 0.1) is 0 Å². The molecule has 21 heavy (non-hydrogen) atoms. The number of hydrogen-bond donors (Lipinski definition) is 2. The minimum atomic E-state index is -0.239. The molecule has 2 heterocycles. The van der Waals surface area contributed by atoms with E-state index in [2.05, 4.69) is 20.4 Å². The molecule has 7 heteroatoms. The number of likely N-dealkylation sites (tertiary alicyclic amines) is 1. The lowest BCUT2D eigenvalue weighted by atomic mass is 9.94. The molecule has 1 saturated carbocycles. The molecule has 6 nitrogen and oxygen atoms in total. The molecular formula is C14H23N5OS. The predicted molar refractivity (Wildman–Crippen MR) is 83.0 cm³/mol. The highest BCUT2D eigenvalue weighted by Crippen LogP contribution is 2.37. The summed E-state index contributed by atoms with van der Waals surface area (Å²) in [6.07, 6.45) is 7.48. The maximum absolute atomic E-state index is 12.7. The topological polar surface area (TPSA) is 84.1 Å². The minimum Gasteiger partial charge on any atom is -0.374 e. The molecule has 0 aromatic carbocycles. The van der Waals surface area contributed by atoms with Crippen LogP contribution in [0.25, 0.3) is 0 Å². The molecule has 1 aromatic rings. The van der Waals surface area contributed by atoms with E-state index in [0.29, 0.717) is 18.1 Å². The third kappa shape index (κ3) is 3.03. The number of rotatable bonds is 5. The summed E-state index contributed by atoms with van der Waals surface area (Å²) in [7, 11) is 0. The number of nitrogens with two attached hydrogens (primary N) is 1. The lowest BCUT2D eigenvalue weighted by Gasteiger charge is -2.37. The van der Waals surface area contributed by atoms with Gasteiger partial charge in [-0.05, 0) is 38.8 Å². The molecule has 1 amide bonds. The van der Waals surface area contributed by atoms with Gasteiger partial charge >= 0.3 is 0 Å². The Bertz CT molecular complexity index is 491. The van der Waals surface area contributed by atoms with E-state index < -0.39 is 0 Å². The first-order valence-electron chi connectivity index (χ1n) is 7.82. The van der Waals surface area contributed by atoms with Crippen molar-refractivity contribution >= 4 is 22.4 Å². The van der Waals surface area contributed by atoms with Crippen molar-refractivity contribution in [1.82, 2.24) is 20.4 Å². The zero-order valence-electron chi connectivity index (χ0n) is 12.3. The molecule has 0 atom stereocenters. The average Bonchev–Trinajstić information content (AvgIpc) is 3.20. The van der Waals surface area contributed by atoms with Gasteiger partial charge in [-0.2, -0.15) is 0 Å². The fourth-order valence-corrected chi connectivity index (χ4v) is 4.22. The van der Waals surface area contributed by atoms with Crippen LogP contribution in [0.3, 0.4) is 0 Å². The molecule has 0 radical (unpaired) electrons. The van der Waals surface area contributed by atoms with Crippen LogP contribution in [0.1, 0.15) is 43.5 Å². The molecule has 1 aliphatic heterocycles. The SMILES string of the molecule is Nc1nnc(CCNC(=O)C2(N3CCCC3)CCCC2)s1. The molecule has 3 N–H and O–H groups in total. The number of anilines is 1. The molecule has 2 aliphatic rings. The predicted octanol–water partition coefficient (Wildman–Crippen LogP) is 1.19. The van der Waals surface area contributed by atoms with Gasteiger partial charge in [-0.15, -0.1) is 10.2 Å². The van der Waals surface area contributed by atoms with Gasteiger partial charge in [-0.3, -0.25) is 9.69 Å². The van der Waals surface area contributed by atoms with Gasteiger partial charge in [-0.25, -0.2) is 0 Å². The maximum Gasteiger partial charge on any atom is 0.240 e. The number of carbonyl (C=O) groups excluding carboxylic acids is 1. The number of hydrogen-bond acceptors (Lipinski definition) is 6. The van der Waals surface area contributed by atoms with E-state index in [0.717, 1.165) is 43.8 Å². The summed E-state index contributed by atoms with van der Waals surface area (Å²) in [5.74, 6) is 0.208. The molecule has 2 fully saturated rings. The molecule has 1 aliphatic carbocycles. The minimum absolute atomic E-state index is 0.208. The van der Waals surface area contributed by atoms with Crippen LogP contribution < -0.4 is 11.1 Å². The number of amides is 1. The number of nitrogens with zero attached hydrogens (tertiary/aromatic N) is 3. The van der Waals surface area contributed by atoms with Crippen LogP contribution in [0.5, 0.6) is 0 Å². The summed E-state index contributed by atoms with van der Waals surface area (Å²) >= 11 is 1.39. The van der Waals surface area contributed by atoms with Crippen molar-refractivity contribution in [2.24, 2.45) is 0 Å². The second kappa shape index (κ2) is 6.27. The number of nitrogens with one attached hydrogen (secondary N) is 1. The van der Waals surface area contributed by atoms with Gasteiger partial charge in [0.05, 0.1) is 0 Å². The van der Waals surface area contributed by atoms with E-state index in [1.54, 1.807) is 0 Å². The van der Waals surface area contributed by atoms with E-state index >= 15 is 0 Å². The fraction of sp³-hybridized carbons (Fsp3) is 0.786. The molecule has 3 rings (SSSR count). The van der Waals surface area contributed by atoms with Gasteiger partial charge in [0.15, 0.2) is 0 Å². The first-order chi connectivity index (χ1) is 10.2. The lowest BCUT2D eigenvalue weighted by molar-refractivity contribution is -0.132. The highest BCUT2D eigenvalue weighted by molar-refractivity contribution is 7.15. The molecule has 0 bridgehead atoms. The average molecular weight is 309 g/mol. The van der Waals surface area contributed by atoms with Gasteiger partial charge in [0.2, 0.25) is 11.0 Å². The lowest BCUT2D eigenvalue weighted by Crippen LogP contribution is -2.56. The smallest absolute Gasteiger partial charge is 0.240 e. The van der Waals surface area contributed by atoms with Gasteiger partial charge in [0, 0.05) is 13.0 Å². The maximum atomic E-state index is 12.7. The van der Waals surface area contributed by atoms with Crippen LogP contribution >= 0.6 is 11.3 Å². The summed E-state index contributed by atoms with van der Waals surface area (Å²) < 4.78 is 0. The van der Waals surface area contributed by atoms with Crippen molar-refractivity contribution in [3.63, 3.8) is 0 Å². The Morgan fingerprint density at radius 1 is 1.24 bits per heavy atom. The summed E-state index contributed by atoms with van der Waals surface area (Å²) in [5.41, 5.74) is 5.32. The van der Waals surface area contributed by atoms with Crippen molar-refractivity contribution in [3.05, 3.63) is 5.01 Å². The molecule has 0 spiro atoms. The zero-order valence-corrected chi connectivity index (χ0v) is 13.1. The van der Waals surface area contributed by atoms with Gasteiger partial charge in [0.25, 0.3) is 0 Å². The van der Waals surface area contributed by atoms with Crippen LogP contribution in [0.2, 0.25) is 0 Å². The second-order valence-electron chi connectivity index (χ2n) is 5.97. The number of carbonyl (C=O) groups is 1. The Morgan fingerprint density at radius 3 is 2.57 bits per heavy atom. The Morgan fingerprint density at radius 2 is 1.95 bits per heavy atom. The molecule has 1 aromatic heterocycles. The number of aromatic nitrogens is 2. The van der Waals surface area contributed by atoms with Crippen molar-refractivity contribution in [2.45, 2.75) is 50.5 Å². The van der Waals surface area contributed by atoms with Gasteiger partial charge in [-0.1, -0.05) is 24.2 Å². The Balaban J connectivity index is 1.57. The molecule has 0 unspecified atom stereocenters. The van der Waals surface area contributed by atoms with E-state index in [4.69, 9.17) is 5.73 Å². The van der Waals surface area contributed by atoms with Crippen molar-refractivity contribution in [3.8, 4) is 0 Å². The third-order valence-electron chi connectivity index (χ3n) is 4.67. The van der Waals surface area contributed by atoms with Crippen molar-refractivity contribution in [1.29, 1.82) is 0 Å². The van der Waals surface area contributed by atoms with Gasteiger partial charge < -0.3 is 11.1 Å². The van der Waals surface area contributed by atoms with Gasteiger partial charge in [0.1, 0.15) is 10.5 Å². The van der Waals surface area contributed by atoms with E-state index in [1.807, 2.05) is 0 Å². The summed E-state index contributed by atoms with van der Waals surface area (Å²) in [6, 6.07) is 0. The van der Waals surface area contributed by atoms with E-state index in [-0.39, 0.29) is 11.4 Å². The Kier molecular flexibility index (Phi) is 4.40. The first-order valence-corrected chi connectivity index (χ1v) is 8.64. The monoisotopic (exact) mass is 309 g/mol. The fourth-order valence-electron chi connectivity index (χ4n) is 3.61. The highest BCUT2D eigenvalue weighted by atomic mass is 32.1. The number of nitrogen functional groups attached to an aromatic ring is 1. The standard InChI is InChI=1S/C14H23N5OS/c15-13-18-17-11(21-13)5-8-16-12(20)14(6-1-2-7-14)19-9-3-4-10-19/h1-10H2,(H2,15,18)(H,16,20). The quantitative estimate of drug-likeness (QED) is 0.853. The second-order valence-corrected chi connectivity index (χ2v) is 7.07. The largest absolute Gasteiger partial charge is 0.374 e. The Labute approximate surface area is 129 Å². The highest BCUT2D eigenvalue weighted by Gasteiger charge is 2.46. The molecule has 116 valence electrons. The van der Waals surface area contributed by atoms with E-state index in [1.165, 1.54) is 24.2 Å². The van der Waals surface area contributed by atoms with Crippen LogP contribution in [-0.2, 0) is 11.2 Å². The zero-order chi connectivity index (χ0) is 14.7. The molecule has 1 saturated heterocycles. The van der Waals surface area contributed by atoms with E-state index in [9.17, 15) is 4.79 Å². The van der Waals surface area contributed by atoms with Crippen LogP contribution in [-0.4, -0.2) is 46.2 Å². The van der Waals surface area contributed by atoms with Crippen molar-refractivity contribution < 1.29 is 4.79 Å².